The minimum atomic E-state index is -1.30. The van der Waals surface area contributed by atoms with Crippen LogP contribution in [0.5, 0.6) is 0 Å². The van der Waals surface area contributed by atoms with Gasteiger partial charge in [-0.25, -0.2) is 4.79 Å². The highest BCUT2D eigenvalue weighted by molar-refractivity contribution is 6.83. The van der Waals surface area contributed by atoms with Crippen LogP contribution in [0.4, 0.5) is 4.79 Å². The molecule has 0 bridgehead atoms. The number of piperidine rings is 1. The predicted octanol–water partition coefficient (Wildman–Crippen LogP) is 4.46. The number of carbonyl (C=O) groups is 1. The first-order valence-electron chi connectivity index (χ1n) is 8.15. The van der Waals surface area contributed by atoms with Crippen LogP contribution in [0.2, 0.25) is 19.6 Å². The Hall–Kier alpha value is -1.21. The minimum Gasteiger partial charge on any atom is -0.444 e. The number of hydrogen-bond acceptors (Lipinski definition) is 2. The van der Waals surface area contributed by atoms with E-state index in [4.69, 9.17) is 4.74 Å². The van der Waals surface area contributed by atoms with Crippen LogP contribution in [0.1, 0.15) is 40.5 Å². The van der Waals surface area contributed by atoms with Gasteiger partial charge in [-0.3, -0.25) is 0 Å². The van der Waals surface area contributed by atoms with Crippen LogP contribution in [-0.4, -0.2) is 37.8 Å². The summed E-state index contributed by atoms with van der Waals surface area (Å²) in [5.74, 6) is 3.77. The zero-order valence-corrected chi connectivity index (χ0v) is 16.2. The summed E-state index contributed by atoms with van der Waals surface area (Å²) in [6.07, 6.45) is 3.88. The summed E-state index contributed by atoms with van der Waals surface area (Å²) in [5.41, 5.74) is 4.29. The first-order valence-corrected chi connectivity index (χ1v) is 11.7. The molecule has 0 aromatic rings. The van der Waals surface area contributed by atoms with Crippen molar-refractivity contribution in [1.29, 1.82) is 0 Å². The Kier molecular flexibility index (Phi) is 6.31. The van der Waals surface area contributed by atoms with E-state index in [0.29, 0.717) is 5.92 Å². The van der Waals surface area contributed by atoms with Gasteiger partial charge < -0.3 is 9.64 Å². The first kappa shape index (κ1) is 18.8. The lowest BCUT2D eigenvalue weighted by Crippen LogP contribution is -2.41. The molecule has 0 spiro atoms. The Balaban J connectivity index is 2.53. The van der Waals surface area contributed by atoms with Crippen LogP contribution in [0.15, 0.2) is 11.6 Å². The smallest absolute Gasteiger partial charge is 0.410 e. The fraction of sp³-hybridized carbons (Fsp3) is 0.722. The Morgan fingerprint density at radius 3 is 2.23 bits per heavy atom. The molecule has 4 heteroatoms. The molecular formula is C18H31NO2Si. The first-order chi connectivity index (χ1) is 9.98. The normalized spacial score (nSPS) is 17.8. The van der Waals surface area contributed by atoms with Crippen molar-refractivity contribution in [3.8, 4) is 11.5 Å². The summed E-state index contributed by atoms with van der Waals surface area (Å²) in [7, 11) is -1.30. The lowest BCUT2D eigenvalue weighted by atomic mass is 9.90. The molecule has 0 radical (unpaired) electrons. The van der Waals surface area contributed by atoms with Gasteiger partial charge in [-0.1, -0.05) is 31.1 Å². The van der Waals surface area contributed by atoms with Crippen LogP contribution < -0.4 is 0 Å². The molecule has 1 fully saturated rings. The molecule has 1 amide bonds. The fourth-order valence-electron chi connectivity index (χ4n) is 2.33. The second kappa shape index (κ2) is 7.37. The largest absolute Gasteiger partial charge is 0.444 e. The standard InChI is InChI=1S/C18H31NO2Si/c1-15(9-8-14-22(5,6)7)16-10-12-19(13-11-16)17(20)21-18(2,3)4/h9,16H,10-13H2,1-7H3. The number of ether oxygens (including phenoxy) is 1. The van der Waals surface area contributed by atoms with Crippen LogP contribution in [0.3, 0.4) is 0 Å². The summed E-state index contributed by atoms with van der Waals surface area (Å²) in [4.78, 5) is 13.9. The van der Waals surface area contributed by atoms with Gasteiger partial charge in [-0.05, 0) is 52.5 Å². The summed E-state index contributed by atoms with van der Waals surface area (Å²) in [6.45, 7) is 16.2. The number of likely N-dealkylation sites (tertiary alicyclic amines) is 1. The lowest BCUT2D eigenvalue weighted by molar-refractivity contribution is 0.0194. The Bertz CT molecular complexity index is 478. The highest BCUT2D eigenvalue weighted by atomic mass is 28.3. The molecule has 3 nitrogen and oxygen atoms in total. The maximum atomic E-state index is 12.0. The van der Waals surface area contributed by atoms with Crippen LogP contribution in [0, 0.1) is 17.4 Å². The van der Waals surface area contributed by atoms with Gasteiger partial charge in [-0.15, -0.1) is 5.54 Å². The Morgan fingerprint density at radius 2 is 1.77 bits per heavy atom. The van der Waals surface area contributed by atoms with E-state index in [9.17, 15) is 4.79 Å². The molecule has 1 heterocycles. The van der Waals surface area contributed by atoms with Gasteiger partial charge in [0.05, 0.1) is 0 Å². The van der Waals surface area contributed by atoms with Crippen LogP contribution in [0.25, 0.3) is 0 Å². The van der Waals surface area contributed by atoms with Crippen molar-refractivity contribution in [2.24, 2.45) is 5.92 Å². The van der Waals surface area contributed by atoms with E-state index in [2.05, 4.69) is 44.1 Å². The van der Waals surface area contributed by atoms with Crippen molar-refractivity contribution in [2.45, 2.75) is 65.8 Å². The Labute approximate surface area is 137 Å². The van der Waals surface area contributed by atoms with E-state index in [1.165, 1.54) is 5.57 Å². The average Bonchev–Trinajstić information content (AvgIpc) is 2.35. The number of amides is 1. The van der Waals surface area contributed by atoms with Crippen molar-refractivity contribution >= 4 is 14.2 Å². The van der Waals surface area contributed by atoms with E-state index in [0.717, 1.165) is 25.9 Å². The number of rotatable bonds is 1. The minimum absolute atomic E-state index is 0.189. The predicted molar refractivity (Wildman–Crippen MR) is 95.4 cm³/mol. The van der Waals surface area contributed by atoms with Crippen molar-refractivity contribution in [3.05, 3.63) is 11.6 Å². The van der Waals surface area contributed by atoms with Gasteiger partial charge in [0.25, 0.3) is 0 Å². The number of hydrogen-bond donors (Lipinski definition) is 0. The van der Waals surface area contributed by atoms with Gasteiger partial charge in [0, 0.05) is 13.1 Å². The molecule has 22 heavy (non-hydrogen) atoms. The van der Waals surface area contributed by atoms with E-state index in [-0.39, 0.29) is 6.09 Å². The fourth-order valence-corrected chi connectivity index (χ4v) is 2.83. The number of nitrogens with zero attached hydrogens (tertiary/aromatic N) is 1. The zero-order chi connectivity index (χ0) is 17.0. The van der Waals surface area contributed by atoms with Crippen molar-refractivity contribution < 1.29 is 9.53 Å². The Morgan fingerprint density at radius 1 is 1.23 bits per heavy atom. The lowest BCUT2D eigenvalue weighted by Gasteiger charge is -2.33. The van der Waals surface area contributed by atoms with E-state index in [1.807, 2.05) is 25.7 Å². The highest BCUT2D eigenvalue weighted by Crippen LogP contribution is 2.25. The molecule has 1 aliphatic rings. The summed E-state index contributed by atoms with van der Waals surface area (Å²) in [6, 6.07) is 0. The van der Waals surface area contributed by atoms with Gasteiger partial charge in [0.1, 0.15) is 13.7 Å². The maximum Gasteiger partial charge on any atom is 0.410 e. The second-order valence-electron chi connectivity index (χ2n) is 8.15. The molecule has 1 aliphatic heterocycles. The van der Waals surface area contributed by atoms with Gasteiger partial charge in [-0.2, -0.15) is 0 Å². The van der Waals surface area contributed by atoms with E-state index in [1.54, 1.807) is 0 Å². The number of allylic oxidation sites excluding steroid dienone is 2. The molecule has 0 unspecified atom stereocenters. The maximum absolute atomic E-state index is 12.0. The zero-order valence-electron chi connectivity index (χ0n) is 15.2. The molecular weight excluding hydrogens is 290 g/mol. The number of carbonyl (C=O) groups excluding carboxylic acids is 1. The van der Waals surface area contributed by atoms with Crippen molar-refractivity contribution in [2.75, 3.05) is 13.1 Å². The van der Waals surface area contributed by atoms with Gasteiger partial charge in [0.2, 0.25) is 0 Å². The highest BCUT2D eigenvalue weighted by Gasteiger charge is 2.27. The summed E-state index contributed by atoms with van der Waals surface area (Å²) < 4.78 is 5.43. The quantitative estimate of drug-likeness (QED) is 0.527. The van der Waals surface area contributed by atoms with Crippen molar-refractivity contribution in [1.82, 2.24) is 4.90 Å². The van der Waals surface area contributed by atoms with Crippen LogP contribution in [-0.2, 0) is 4.74 Å². The molecule has 124 valence electrons. The molecule has 0 aromatic heterocycles. The summed E-state index contributed by atoms with van der Waals surface area (Å²) >= 11 is 0. The third-order valence-corrected chi connectivity index (χ3v) is 4.43. The molecule has 0 saturated carbocycles. The monoisotopic (exact) mass is 321 g/mol. The molecule has 1 rings (SSSR count). The van der Waals surface area contributed by atoms with Crippen molar-refractivity contribution in [3.63, 3.8) is 0 Å². The molecule has 0 aliphatic carbocycles. The molecule has 1 saturated heterocycles. The topological polar surface area (TPSA) is 29.5 Å². The SMILES string of the molecule is CC(=CC#C[Si](C)(C)C)C1CCN(C(=O)OC(C)(C)C)CC1. The third kappa shape index (κ3) is 7.17. The van der Waals surface area contributed by atoms with Crippen LogP contribution >= 0.6 is 0 Å². The van der Waals surface area contributed by atoms with E-state index < -0.39 is 13.7 Å². The summed E-state index contributed by atoms with van der Waals surface area (Å²) in [5, 5.41) is 0. The average molecular weight is 322 g/mol. The third-order valence-electron chi connectivity index (χ3n) is 3.54. The van der Waals surface area contributed by atoms with Gasteiger partial charge in [0.15, 0.2) is 0 Å². The van der Waals surface area contributed by atoms with Gasteiger partial charge >= 0.3 is 6.09 Å². The molecule has 0 atom stereocenters. The second-order valence-corrected chi connectivity index (χ2v) is 12.9. The molecule has 0 N–H and O–H groups in total. The molecule has 0 aromatic carbocycles. The van der Waals surface area contributed by atoms with E-state index >= 15 is 0 Å².